The lowest BCUT2D eigenvalue weighted by Crippen LogP contribution is -2.46. The fourth-order valence-corrected chi connectivity index (χ4v) is 0.614. The molecule has 0 rings (SSSR count). The number of aliphatic hydroxyl groups excluding tert-OH is 1. The van der Waals surface area contributed by atoms with Crippen LogP contribution in [0.1, 0.15) is 6.92 Å². The Hall–Kier alpha value is -1.18. The van der Waals surface area contributed by atoms with Crippen molar-refractivity contribution in [2.75, 3.05) is 6.61 Å². The van der Waals surface area contributed by atoms with E-state index in [2.05, 4.69) is 4.74 Å². The number of hydrogen-bond donors (Lipinski definition) is 4. The molecule has 0 aliphatic heterocycles. The van der Waals surface area contributed by atoms with Crippen molar-refractivity contribution in [1.82, 2.24) is 0 Å². The van der Waals surface area contributed by atoms with Gasteiger partial charge >= 0.3 is 11.9 Å². The molecule has 0 aliphatic carbocycles. The lowest BCUT2D eigenvalue weighted by atomic mass is 10.2. The molecule has 3 atom stereocenters. The molecule has 7 nitrogen and oxygen atoms in total. The summed E-state index contributed by atoms with van der Waals surface area (Å²) in [6.07, 6.45) is -1.03. The molecule has 0 heterocycles. The van der Waals surface area contributed by atoms with Gasteiger partial charge in [-0.05, 0) is 6.92 Å². The Labute approximate surface area is 82.1 Å². The zero-order valence-electron chi connectivity index (χ0n) is 8.64. The summed E-state index contributed by atoms with van der Waals surface area (Å²) in [5.41, 5.74) is 6.95. The van der Waals surface area contributed by atoms with Gasteiger partial charge in [0, 0.05) is 0 Å². The number of aliphatic carboxylic acids is 1. The van der Waals surface area contributed by atoms with E-state index >= 15 is 0 Å². The molecule has 0 aromatic heterocycles. The number of carboxylic acid groups (broad SMARTS) is 1. The van der Waals surface area contributed by atoms with E-state index in [4.69, 9.17) is 17.4 Å². The van der Waals surface area contributed by atoms with E-state index < -0.39 is 36.7 Å². The molecule has 14 heavy (non-hydrogen) atoms. The smallest absolute Gasteiger partial charge is 0.325 e. The highest BCUT2D eigenvalue weighted by Crippen LogP contribution is 1.98. The molecule has 0 saturated heterocycles. The molecule has 6 N–H and O–H groups in total. The van der Waals surface area contributed by atoms with Crippen LogP contribution in [0.3, 0.4) is 0 Å². The van der Waals surface area contributed by atoms with Crippen LogP contribution >= 0.6 is 0 Å². The average molecular weight is 207 g/mol. The Balaban J connectivity index is 4.22. The fraction of sp³-hybridized carbons (Fsp3) is 0.714. The molecule has 0 saturated carbocycles. The Bertz CT molecular complexity index is 233. The van der Waals surface area contributed by atoms with Gasteiger partial charge in [0.2, 0.25) is 0 Å². The molecule has 0 aromatic rings. The summed E-state index contributed by atoms with van der Waals surface area (Å²) in [4.78, 5) is 21.5. The predicted molar refractivity (Wildman–Crippen MR) is 46.2 cm³/mol. The summed E-state index contributed by atoms with van der Waals surface area (Å²) < 4.78 is 11.3. The highest BCUT2D eigenvalue weighted by atomic mass is 16.5. The Morgan fingerprint density at radius 2 is 2.21 bits per heavy atom. The number of ether oxygens (including phenoxy) is 1. The monoisotopic (exact) mass is 207 g/mol. The third-order valence-electron chi connectivity index (χ3n) is 1.56. The van der Waals surface area contributed by atoms with Crippen LogP contribution in [-0.2, 0) is 14.3 Å². The van der Waals surface area contributed by atoms with Crippen molar-refractivity contribution in [3.63, 3.8) is 0 Å². The van der Waals surface area contributed by atoms with Gasteiger partial charge in [-0.1, -0.05) is 0 Å². The van der Waals surface area contributed by atoms with E-state index in [0.29, 0.717) is 0 Å². The van der Waals surface area contributed by atoms with Crippen LogP contribution in [-0.4, -0.2) is 46.9 Å². The van der Waals surface area contributed by atoms with E-state index in [1.54, 1.807) is 5.73 Å². The van der Waals surface area contributed by atoms with Gasteiger partial charge in [0.1, 0.15) is 19.6 Å². The minimum atomic E-state index is -1.33. The first-order valence-electron chi connectivity index (χ1n) is 4.41. The summed E-state index contributed by atoms with van der Waals surface area (Å²) in [7, 11) is 0. The van der Waals surface area contributed by atoms with Gasteiger partial charge in [-0.25, -0.2) is 0 Å². The molecule has 0 amide bonds. The van der Waals surface area contributed by atoms with Crippen molar-refractivity contribution >= 4 is 11.9 Å². The summed E-state index contributed by atoms with van der Waals surface area (Å²) in [5.74, 6) is -2.22. The zero-order chi connectivity index (χ0) is 12.0. The summed E-state index contributed by atoms with van der Waals surface area (Å²) in [6.45, 7) is 0.701. The third-order valence-corrected chi connectivity index (χ3v) is 1.56. The normalized spacial score (nSPS) is 17.8. The van der Waals surface area contributed by atoms with Gasteiger partial charge in [0.15, 0.2) is 0 Å². The number of esters is 1. The van der Waals surface area contributed by atoms with Crippen molar-refractivity contribution in [3.05, 3.63) is 0 Å². The first-order chi connectivity index (χ1) is 6.93. The lowest BCUT2D eigenvalue weighted by molar-refractivity contribution is -0.155. The number of carbonyl (C=O) groups excluding carboxylic acids is 1. The molecule has 0 fully saturated rings. The number of nitrogens with two attached hydrogens (primary N) is 2. The van der Waals surface area contributed by atoms with Crippen molar-refractivity contribution < 1.29 is 26.0 Å². The molecule has 0 unspecified atom stereocenters. The van der Waals surface area contributed by atoms with E-state index in [0.717, 1.165) is 0 Å². The van der Waals surface area contributed by atoms with Crippen LogP contribution in [0, 0.1) is 0 Å². The van der Waals surface area contributed by atoms with Gasteiger partial charge in [0.05, 0.1) is 6.61 Å². The number of carboxylic acids is 1. The predicted octanol–water partition coefficient (Wildman–Crippen LogP) is -2.35. The zero-order valence-corrected chi connectivity index (χ0v) is 7.64. The van der Waals surface area contributed by atoms with E-state index in [1.165, 1.54) is 6.92 Å². The first-order valence-corrected chi connectivity index (χ1v) is 3.91. The maximum Gasteiger partial charge on any atom is 0.325 e. The molecule has 0 bridgehead atoms. The Morgan fingerprint density at radius 1 is 1.64 bits per heavy atom. The lowest BCUT2D eigenvalue weighted by Gasteiger charge is -2.18. The van der Waals surface area contributed by atoms with Crippen molar-refractivity contribution in [2.45, 2.75) is 25.1 Å². The van der Waals surface area contributed by atoms with Crippen LogP contribution in [0.4, 0.5) is 0 Å². The van der Waals surface area contributed by atoms with Crippen LogP contribution in [0.5, 0.6) is 0 Å². The van der Waals surface area contributed by atoms with Gasteiger partial charge < -0.3 is 26.4 Å². The molecule has 0 radical (unpaired) electrons. The third kappa shape index (κ3) is 3.69. The van der Waals surface area contributed by atoms with E-state index in [9.17, 15) is 9.59 Å². The summed E-state index contributed by atoms with van der Waals surface area (Å²) in [5, 5.41) is 17.1. The van der Waals surface area contributed by atoms with Crippen LogP contribution < -0.4 is 11.5 Å². The first kappa shape index (κ1) is 10.9. The number of aliphatic hydroxyl groups is 1. The fourth-order valence-electron chi connectivity index (χ4n) is 0.614. The van der Waals surface area contributed by atoms with Crippen molar-refractivity contribution in [1.29, 1.82) is 0 Å². The maximum atomic E-state index is 11.1. The van der Waals surface area contributed by atoms with Crippen LogP contribution in [0.2, 0.25) is 1.41 Å². The van der Waals surface area contributed by atoms with Crippen molar-refractivity contribution in [2.24, 2.45) is 11.5 Å². The number of hydrogen-bond acceptors (Lipinski definition) is 6. The topological polar surface area (TPSA) is 136 Å². The summed E-state index contributed by atoms with van der Waals surface area (Å²) >= 11 is 0. The SMILES string of the molecule is [2H]N[C@@H](CO)C(=O)O[C@H](C)[C@H](N)C(=O)O. The van der Waals surface area contributed by atoms with Gasteiger partial charge in [-0.2, -0.15) is 0 Å². The Morgan fingerprint density at radius 3 is 2.57 bits per heavy atom. The molecule has 7 heteroatoms. The van der Waals surface area contributed by atoms with Gasteiger partial charge in [0.25, 0.3) is 0 Å². The highest BCUT2D eigenvalue weighted by Gasteiger charge is 2.25. The number of rotatable bonds is 6. The molecular weight excluding hydrogens is 192 g/mol. The molecule has 82 valence electrons. The molecule has 0 aromatic carbocycles. The second kappa shape index (κ2) is 5.53. The van der Waals surface area contributed by atoms with Crippen LogP contribution in [0.15, 0.2) is 0 Å². The second-order valence-corrected chi connectivity index (χ2v) is 2.74. The minimum Gasteiger partial charge on any atom is -0.480 e. The molecule has 0 aliphatic rings. The van der Waals surface area contributed by atoms with Gasteiger partial charge in [-0.15, -0.1) is 0 Å². The van der Waals surface area contributed by atoms with E-state index in [-0.39, 0.29) is 0 Å². The largest absolute Gasteiger partial charge is 0.480 e. The second-order valence-electron chi connectivity index (χ2n) is 2.74. The van der Waals surface area contributed by atoms with E-state index in [1.807, 2.05) is 0 Å². The van der Waals surface area contributed by atoms with Gasteiger partial charge in [-0.3, -0.25) is 9.59 Å². The van der Waals surface area contributed by atoms with Crippen molar-refractivity contribution in [3.8, 4) is 0 Å². The summed E-state index contributed by atoms with van der Waals surface area (Å²) in [6, 6.07) is -2.53. The average Bonchev–Trinajstić information content (AvgIpc) is 2.18. The Kier molecular flexibility index (Phi) is 4.30. The number of carbonyl (C=O) groups is 2. The minimum absolute atomic E-state index is 0.614. The van der Waals surface area contributed by atoms with Crippen LogP contribution in [0.25, 0.3) is 0 Å². The maximum absolute atomic E-state index is 11.1. The standard InChI is InChI=1S/C7H14N2O5/c1-3(5(9)6(11)12)14-7(13)4(8)2-10/h3-5,10H,2,8-9H2,1H3,(H,11,12)/t3-,4+,5+/m1/s1/i/hD. The molecule has 0 spiro atoms. The molecular formula is C7H14N2O5. The highest BCUT2D eigenvalue weighted by molar-refractivity contribution is 5.78. The quantitative estimate of drug-likeness (QED) is 0.358.